The van der Waals surface area contributed by atoms with E-state index in [-0.39, 0.29) is 23.3 Å². The van der Waals surface area contributed by atoms with Crippen LogP contribution >= 0.6 is 35.1 Å². The predicted molar refractivity (Wildman–Crippen MR) is 113 cm³/mol. The van der Waals surface area contributed by atoms with E-state index in [1.807, 2.05) is 44.1 Å². The number of likely N-dealkylation sites (N-methyl/N-ethyl adjacent to an activating group) is 1. The van der Waals surface area contributed by atoms with Crippen molar-refractivity contribution in [2.75, 3.05) is 32.1 Å². The van der Waals surface area contributed by atoms with Gasteiger partial charge in [-0.2, -0.15) is 0 Å². The number of thiophene rings is 1. The number of nitro groups is 1. The number of aryl methyl sites for hydroxylation is 1. The Morgan fingerprint density at radius 3 is 2.52 bits per heavy atom. The molecule has 0 saturated carbocycles. The smallest absolute Gasteiger partial charge is 0.308 e. The first-order valence-electron chi connectivity index (χ1n) is 7.94. The molecule has 0 unspecified atom stereocenters. The van der Waals surface area contributed by atoms with Gasteiger partial charge in [-0.15, -0.1) is 12.4 Å². The molecule has 0 aliphatic heterocycles. The van der Waals surface area contributed by atoms with Crippen molar-refractivity contribution in [1.82, 2.24) is 9.88 Å². The molecule has 3 rings (SSSR count). The molecule has 0 atom stereocenters. The lowest BCUT2D eigenvalue weighted by Gasteiger charge is -2.21. The fraction of sp³-hybridized carbons (Fsp3) is 0.294. The Hall–Kier alpha value is -2.07. The number of hydrogen-bond donors (Lipinski definition) is 0. The molecule has 0 saturated heterocycles. The number of halogens is 1. The van der Waals surface area contributed by atoms with Gasteiger partial charge in [0.1, 0.15) is 0 Å². The summed E-state index contributed by atoms with van der Waals surface area (Å²) in [6, 6.07) is 8.81. The number of aromatic nitrogens is 1. The van der Waals surface area contributed by atoms with Gasteiger partial charge in [-0.3, -0.25) is 19.8 Å². The zero-order valence-corrected chi connectivity index (χ0v) is 17.5. The summed E-state index contributed by atoms with van der Waals surface area (Å²) in [7, 11) is 3.86. The van der Waals surface area contributed by atoms with Crippen LogP contribution in [0.5, 0.6) is 0 Å². The number of carbonyl (C=O) groups is 1. The highest BCUT2D eigenvalue weighted by Crippen LogP contribution is 2.33. The maximum Gasteiger partial charge on any atom is 0.324 e. The van der Waals surface area contributed by atoms with E-state index in [4.69, 9.17) is 0 Å². The zero-order valence-electron chi connectivity index (χ0n) is 15.0. The third kappa shape index (κ3) is 4.62. The van der Waals surface area contributed by atoms with E-state index in [1.165, 1.54) is 23.5 Å². The summed E-state index contributed by atoms with van der Waals surface area (Å²) in [6.45, 7) is 3.10. The fourth-order valence-electron chi connectivity index (χ4n) is 2.45. The van der Waals surface area contributed by atoms with Crippen LogP contribution in [0.1, 0.15) is 15.2 Å². The molecule has 2 heterocycles. The largest absolute Gasteiger partial charge is 0.324 e. The minimum atomic E-state index is -0.480. The minimum Gasteiger partial charge on any atom is -0.308 e. The predicted octanol–water partition coefficient (Wildman–Crippen LogP) is 4.20. The molecule has 10 heteroatoms. The summed E-state index contributed by atoms with van der Waals surface area (Å²) in [5.74, 6) is -0.262. The molecule has 0 radical (unpaired) electrons. The number of hydrogen-bond acceptors (Lipinski definition) is 7. The Balaban J connectivity index is 0.00000261. The summed E-state index contributed by atoms with van der Waals surface area (Å²) in [6.07, 6.45) is 0. The number of fused-ring (bicyclic) bond motifs is 1. The number of benzene rings is 1. The number of carbonyl (C=O) groups excluding carboxylic acids is 1. The Kier molecular flexibility index (Phi) is 6.88. The summed E-state index contributed by atoms with van der Waals surface area (Å²) in [4.78, 5) is 32.0. The van der Waals surface area contributed by atoms with Gasteiger partial charge < -0.3 is 4.90 Å². The molecule has 0 N–H and O–H groups in total. The average Bonchev–Trinajstić information content (AvgIpc) is 3.22. The molecular formula is C17H19ClN4O3S2. The molecule has 1 amide bonds. The van der Waals surface area contributed by atoms with E-state index in [1.54, 1.807) is 4.90 Å². The van der Waals surface area contributed by atoms with E-state index < -0.39 is 4.92 Å². The molecule has 3 aromatic rings. The monoisotopic (exact) mass is 426 g/mol. The maximum atomic E-state index is 13.0. The lowest BCUT2D eigenvalue weighted by Crippen LogP contribution is -2.36. The Morgan fingerprint density at radius 2 is 1.93 bits per heavy atom. The maximum absolute atomic E-state index is 13.0. The molecule has 27 heavy (non-hydrogen) atoms. The van der Waals surface area contributed by atoms with Gasteiger partial charge >= 0.3 is 5.00 Å². The van der Waals surface area contributed by atoms with E-state index >= 15 is 0 Å². The summed E-state index contributed by atoms with van der Waals surface area (Å²) < 4.78 is 1.01. The number of amides is 1. The molecule has 0 aliphatic rings. The van der Waals surface area contributed by atoms with Gasteiger partial charge in [-0.05, 0) is 38.7 Å². The van der Waals surface area contributed by atoms with E-state index in [9.17, 15) is 14.9 Å². The molecular weight excluding hydrogens is 408 g/mol. The lowest BCUT2D eigenvalue weighted by atomic mass is 10.2. The van der Waals surface area contributed by atoms with Crippen molar-refractivity contribution in [2.45, 2.75) is 6.92 Å². The number of anilines is 1. The van der Waals surface area contributed by atoms with Gasteiger partial charge in [0.2, 0.25) is 0 Å². The molecule has 0 aliphatic carbocycles. The normalized spacial score (nSPS) is 10.8. The van der Waals surface area contributed by atoms with E-state index in [0.29, 0.717) is 23.1 Å². The standard InChI is InChI=1S/C17H18N4O3S2.ClH/c1-11-5-4-6-12-15(11)18-17(26-12)20(10-9-19(2)3)16(22)13-7-8-14(25-13)21(23)24;/h4-8H,9-10H2,1-3H3;1H. The van der Waals surface area contributed by atoms with Crippen molar-refractivity contribution < 1.29 is 9.72 Å². The zero-order chi connectivity index (χ0) is 18.8. The van der Waals surface area contributed by atoms with Crippen molar-refractivity contribution in [3.05, 3.63) is 50.9 Å². The van der Waals surface area contributed by atoms with Crippen LogP contribution in [-0.4, -0.2) is 47.9 Å². The van der Waals surface area contributed by atoms with Crippen LogP contribution in [-0.2, 0) is 0 Å². The Labute approximate surface area is 170 Å². The highest BCUT2D eigenvalue weighted by molar-refractivity contribution is 7.22. The molecule has 2 aromatic heterocycles. The second kappa shape index (κ2) is 8.75. The molecule has 0 bridgehead atoms. The number of nitrogens with zero attached hydrogens (tertiary/aromatic N) is 4. The molecule has 144 valence electrons. The van der Waals surface area contributed by atoms with E-state index in [2.05, 4.69) is 4.98 Å². The first-order chi connectivity index (χ1) is 12.4. The van der Waals surface area contributed by atoms with Gasteiger partial charge in [0, 0.05) is 19.2 Å². The molecule has 7 nitrogen and oxygen atoms in total. The highest BCUT2D eigenvalue weighted by Gasteiger charge is 2.24. The van der Waals surface area contributed by atoms with Gasteiger partial charge in [0.05, 0.1) is 20.0 Å². The number of thiazole rings is 1. The van der Waals surface area contributed by atoms with E-state index in [0.717, 1.165) is 27.1 Å². The average molecular weight is 427 g/mol. The van der Waals surface area contributed by atoms with Crippen LogP contribution in [0, 0.1) is 17.0 Å². The SMILES string of the molecule is Cc1cccc2sc(N(CCN(C)C)C(=O)c3ccc([N+](=O)[O-])s3)nc12.Cl. The van der Waals surface area contributed by atoms with Crippen LogP contribution < -0.4 is 4.90 Å². The summed E-state index contributed by atoms with van der Waals surface area (Å²) >= 11 is 2.34. The molecule has 0 spiro atoms. The Morgan fingerprint density at radius 1 is 1.19 bits per heavy atom. The quantitative estimate of drug-likeness (QED) is 0.435. The molecule has 1 aromatic carbocycles. The second-order valence-corrected chi connectivity index (χ2v) is 8.14. The Bertz CT molecular complexity index is 970. The highest BCUT2D eigenvalue weighted by atomic mass is 35.5. The van der Waals surface area contributed by atoms with Gasteiger partial charge in [-0.25, -0.2) is 4.98 Å². The number of rotatable bonds is 6. The lowest BCUT2D eigenvalue weighted by molar-refractivity contribution is -0.380. The second-order valence-electron chi connectivity index (χ2n) is 6.07. The van der Waals surface area contributed by atoms with Gasteiger partial charge in [0.15, 0.2) is 5.13 Å². The third-order valence-corrected chi connectivity index (χ3v) is 5.91. The summed E-state index contributed by atoms with van der Waals surface area (Å²) in [5.41, 5.74) is 1.93. The summed E-state index contributed by atoms with van der Waals surface area (Å²) in [5, 5.41) is 11.5. The van der Waals surface area contributed by atoms with Crippen molar-refractivity contribution in [2.24, 2.45) is 0 Å². The van der Waals surface area contributed by atoms with Crippen molar-refractivity contribution in [3.8, 4) is 0 Å². The first-order valence-corrected chi connectivity index (χ1v) is 9.57. The molecule has 0 fully saturated rings. The van der Waals surface area contributed by atoms with Gasteiger partial charge in [0.25, 0.3) is 5.91 Å². The minimum absolute atomic E-state index is 0. The van der Waals surface area contributed by atoms with Crippen LogP contribution in [0.25, 0.3) is 10.2 Å². The van der Waals surface area contributed by atoms with Crippen molar-refractivity contribution in [1.29, 1.82) is 0 Å². The number of para-hydroxylation sites is 1. The topological polar surface area (TPSA) is 79.6 Å². The van der Waals surface area contributed by atoms with Crippen molar-refractivity contribution in [3.63, 3.8) is 0 Å². The van der Waals surface area contributed by atoms with Crippen molar-refractivity contribution >= 4 is 61.3 Å². The van der Waals surface area contributed by atoms with Crippen LogP contribution in [0.2, 0.25) is 0 Å². The van der Waals surface area contributed by atoms with Gasteiger partial charge in [-0.1, -0.05) is 34.8 Å². The fourth-order valence-corrected chi connectivity index (χ4v) is 4.29. The van der Waals surface area contributed by atoms with Crippen LogP contribution in [0.4, 0.5) is 10.1 Å². The van der Waals surface area contributed by atoms with Crippen LogP contribution in [0.3, 0.4) is 0 Å². The van der Waals surface area contributed by atoms with Crippen LogP contribution in [0.15, 0.2) is 30.3 Å². The first kappa shape index (κ1) is 21.2. The third-order valence-electron chi connectivity index (χ3n) is 3.84.